The Morgan fingerprint density at radius 3 is 2.90 bits per heavy atom. The first-order valence-corrected chi connectivity index (χ1v) is 6.98. The van der Waals surface area contributed by atoms with Crippen molar-refractivity contribution in [1.29, 1.82) is 0 Å². The molecule has 0 aliphatic carbocycles. The van der Waals surface area contributed by atoms with Gasteiger partial charge in [0.15, 0.2) is 5.82 Å². The van der Waals surface area contributed by atoms with Crippen molar-refractivity contribution in [3.63, 3.8) is 0 Å². The van der Waals surface area contributed by atoms with Gasteiger partial charge in [-0.3, -0.25) is 0 Å². The van der Waals surface area contributed by atoms with Crippen LogP contribution in [0.1, 0.15) is 25.6 Å². The Morgan fingerprint density at radius 2 is 2.20 bits per heavy atom. The monoisotopic (exact) mass is 274 g/mol. The number of aryl methyl sites for hydroxylation is 1. The SMILES string of the molecule is CCc1noc(-c2ccnc(N3CCC(O)CC3)c2)n1. The van der Waals surface area contributed by atoms with E-state index in [0.29, 0.717) is 11.7 Å². The van der Waals surface area contributed by atoms with Crippen molar-refractivity contribution in [2.45, 2.75) is 32.3 Å². The maximum atomic E-state index is 9.56. The van der Waals surface area contributed by atoms with Crippen LogP contribution < -0.4 is 4.90 Å². The molecule has 0 aromatic carbocycles. The van der Waals surface area contributed by atoms with Crippen molar-refractivity contribution in [1.82, 2.24) is 15.1 Å². The van der Waals surface area contributed by atoms with Gasteiger partial charge in [-0.05, 0) is 25.0 Å². The molecule has 3 heterocycles. The summed E-state index contributed by atoms with van der Waals surface area (Å²) in [5, 5.41) is 13.5. The molecule has 2 aromatic rings. The van der Waals surface area contributed by atoms with Crippen LogP contribution in [0.15, 0.2) is 22.9 Å². The first kappa shape index (κ1) is 13.1. The normalized spacial score (nSPS) is 16.6. The van der Waals surface area contributed by atoms with Crippen molar-refractivity contribution < 1.29 is 9.63 Å². The van der Waals surface area contributed by atoms with E-state index < -0.39 is 0 Å². The summed E-state index contributed by atoms with van der Waals surface area (Å²) < 4.78 is 5.25. The highest BCUT2D eigenvalue weighted by Crippen LogP contribution is 2.23. The van der Waals surface area contributed by atoms with Gasteiger partial charge >= 0.3 is 0 Å². The lowest BCUT2D eigenvalue weighted by atomic mass is 10.1. The third kappa shape index (κ3) is 2.65. The number of hydrogen-bond donors (Lipinski definition) is 1. The maximum absolute atomic E-state index is 9.56. The van der Waals surface area contributed by atoms with Gasteiger partial charge in [0.2, 0.25) is 0 Å². The average molecular weight is 274 g/mol. The maximum Gasteiger partial charge on any atom is 0.258 e. The van der Waals surface area contributed by atoms with Crippen LogP contribution in [0.4, 0.5) is 5.82 Å². The molecule has 1 saturated heterocycles. The van der Waals surface area contributed by atoms with Crippen molar-refractivity contribution in [2.24, 2.45) is 0 Å². The van der Waals surface area contributed by atoms with Crippen LogP contribution in [0.5, 0.6) is 0 Å². The zero-order chi connectivity index (χ0) is 13.9. The number of anilines is 1. The van der Waals surface area contributed by atoms with E-state index in [1.165, 1.54) is 0 Å². The van der Waals surface area contributed by atoms with E-state index >= 15 is 0 Å². The molecule has 2 aromatic heterocycles. The van der Waals surface area contributed by atoms with Gasteiger partial charge in [-0.25, -0.2) is 4.98 Å². The molecule has 1 aliphatic heterocycles. The Kier molecular flexibility index (Phi) is 3.64. The molecule has 106 valence electrons. The summed E-state index contributed by atoms with van der Waals surface area (Å²) in [6.45, 7) is 3.63. The van der Waals surface area contributed by atoms with Crippen LogP contribution in [0.3, 0.4) is 0 Å². The van der Waals surface area contributed by atoms with Crippen LogP contribution in [0, 0.1) is 0 Å². The molecule has 0 saturated carbocycles. The van der Waals surface area contributed by atoms with Crippen LogP contribution >= 0.6 is 0 Å². The van der Waals surface area contributed by atoms with Gasteiger partial charge in [-0.15, -0.1) is 0 Å². The molecule has 6 heteroatoms. The third-order valence-corrected chi connectivity index (χ3v) is 3.57. The van der Waals surface area contributed by atoms with Gasteiger partial charge in [0.1, 0.15) is 5.82 Å². The minimum absolute atomic E-state index is 0.183. The summed E-state index contributed by atoms with van der Waals surface area (Å²) in [5.74, 6) is 2.13. The standard InChI is InChI=1S/C14H18N4O2/c1-2-12-16-14(20-17-12)10-3-6-15-13(9-10)18-7-4-11(19)5-8-18/h3,6,9,11,19H,2,4-5,7-8H2,1H3. The molecule has 0 atom stereocenters. The predicted molar refractivity (Wildman–Crippen MR) is 74.4 cm³/mol. The van der Waals surface area contributed by atoms with E-state index in [9.17, 15) is 5.11 Å². The van der Waals surface area contributed by atoms with Crippen LogP contribution in [-0.4, -0.2) is 39.4 Å². The molecule has 1 fully saturated rings. The molecule has 3 rings (SSSR count). The Bertz CT molecular complexity index is 576. The van der Waals surface area contributed by atoms with E-state index in [-0.39, 0.29) is 6.10 Å². The molecule has 20 heavy (non-hydrogen) atoms. The highest BCUT2D eigenvalue weighted by Gasteiger charge is 2.19. The Balaban J connectivity index is 1.82. The molecule has 0 unspecified atom stereocenters. The number of aliphatic hydroxyl groups is 1. The van der Waals surface area contributed by atoms with Crippen LogP contribution in [-0.2, 0) is 6.42 Å². The molecular weight excluding hydrogens is 256 g/mol. The molecule has 0 radical (unpaired) electrons. The van der Waals surface area contributed by atoms with E-state index in [2.05, 4.69) is 20.0 Å². The minimum atomic E-state index is -0.183. The topological polar surface area (TPSA) is 75.3 Å². The number of aliphatic hydroxyl groups excluding tert-OH is 1. The highest BCUT2D eigenvalue weighted by molar-refractivity contribution is 5.58. The first-order valence-electron chi connectivity index (χ1n) is 6.98. The number of hydrogen-bond acceptors (Lipinski definition) is 6. The Morgan fingerprint density at radius 1 is 1.40 bits per heavy atom. The molecule has 0 amide bonds. The Labute approximate surface area is 117 Å². The first-order chi connectivity index (χ1) is 9.76. The second kappa shape index (κ2) is 5.58. The van der Waals surface area contributed by atoms with Crippen LogP contribution in [0.2, 0.25) is 0 Å². The molecular formula is C14H18N4O2. The highest BCUT2D eigenvalue weighted by atomic mass is 16.5. The summed E-state index contributed by atoms with van der Waals surface area (Å²) >= 11 is 0. The van der Waals surface area contributed by atoms with Gasteiger partial charge in [0.25, 0.3) is 5.89 Å². The van der Waals surface area contributed by atoms with E-state index in [1.54, 1.807) is 6.20 Å². The quantitative estimate of drug-likeness (QED) is 0.917. The lowest BCUT2D eigenvalue weighted by molar-refractivity contribution is 0.145. The number of rotatable bonds is 3. The molecule has 0 bridgehead atoms. The fourth-order valence-electron chi connectivity index (χ4n) is 2.33. The molecule has 0 spiro atoms. The van der Waals surface area contributed by atoms with E-state index in [0.717, 1.165) is 43.7 Å². The fraction of sp³-hybridized carbons (Fsp3) is 0.500. The number of nitrogens with zero attached hydrogens (tertiary/aromatic N) is 4. The van der Waals surface area contributed by atoms with Crippen molar-refractivity contribution >= 4 is 5.82 Å². The summed E-state index contributed by atoms with van der Waals surface area (Å²) in [6.07, 6.45) is 3.90. The zero-order valence-electron chi connectivity index (χ0n) is 11.5. The van der Waals surface area contributed by atoms with E-state index in [1.807, 2.05) is 19.1 Å². The van der Waals surface area contributed by atoms with Gasteiger partial charge in [0, 0.05) is 31.3 Å². The lowest BCUT2D eigenvalue weighted by Gasteiger charge is -2.30. The summed E-state index contributed by atoms with van der Waals surface area (Å²) in [5.41, 5.74) is 0.883. The number of aromatic nitrogens is 3. The molecule has 6 nitrogen and oxygen atoms in total. The molecule has 1 aliphatic rings. The number of piperidine rings is 1. The summed E-state index contributed by atoms with van der Waals surface area (Å²) in [4.78, 5) is 10.9. The van der Waals surface area contributed by atoms with Gasteiger partial charge in [-0.2, -0.15) is 4.98 Å². The van der Waals surface area contributed by atoms with Crippen LogP contribution in [0.25, 0.3) is 11.5 Å². The average Bonchev–Trinajstić information content (AvgIpc) is 2.97. The predicted octanol–water partition coefficient (Wildman–Crippen LogP) is 1.66. The third-order valence-electron chi connectivity index (χ3n) is 3.57. The second-order valence-corrected chi connectivity index (χ2v) is 4.99. The van der Waals surface area contributed by atoms with Gasteiger partial charge < -0.3 is 14.5 Å². The lowest BCUT2D eigenvalue weighted by Crippen LogP contribution is -2.36. The summed E-state index contributed by atoms with van der Waals surface area (Å²) in [6, 6.07) is 3.83. The summed E-state index contributed by atoms with van der Waals surface area (Å²) in [7, 11) is 0. The van der Waals surface area contributed by atoms with Crippen molar-refractivity contribution in [3.8, 4) is 11.5 Å². The second-order valence-electron chi connectivity index (χ2n) is 4.99. The smallest absolute Gasteiger partial charge is 0.258 e. The Hall–Kier alpha value is -1.95. The van der Waals surface area contributed by atoms with Crippen molar-refractivity contribution in [3.05, 3.63) is 24.2 Å². The fourth-order valence-corrected chi connectivity index (χ4v) is 2.33. The van der Waals surface area contributed by atoms with Gasteiger partial charge in [-0.1, -0.05) is 12.1 Å². The van der Waals surface area contributed by atoms with E-state index in [4.69, 9.17) is 4.52 Å². The molecule has 1 N–H and O–H groups in total. The minimum Gasteiger partial charge on any atom is -0.393 e. The number of pyridine rings is 1. The van der Waals surface area contributed by atoms with Crippen molar-refractivity contribution in [2.75, 3.05) is 18.0 Å². The zero-order valence-corrected chi connectivity index (χ0v) is 11.5. The van der Waals surface area contributed by atoms with Gasteiger partial charge in [0.05, 0.1) is 6.10 Å². The largest absolute Gasteiger partial charge is 0.393 e.